The Morgan fingerprint density at radius 2 is 1.88 bits per heavy atom. The molecule has 0 radical (unpaired) electrons. The summed E-state index contributed by atoms with van der Waals surface area (Å²) in [7, 11) is -0.606. The minimum Gasteiger partial charge on any atom is -0.337 e. The number of aromatic nitrogens is 3. The van der Waals surface area contributed by atoms with Crippen molar-refractivity contribution in [3.8, 4) is 0 Å². The van der Waals surface area contributed by atoms with E-state index in [1.54, 1.807) is 29.6 Å². The number of thiazole rings is 1. The van der Waals surface area contributed by atoms with Gasteiger partial charge >= 0.3 is 0 Å². The maximum atomic E-state index is 13.5. The summed E-state index contributed by atoms with van der Waals surface area (Å²) in [6.07, 6.45) is 7.01. The van der Waals surface area contributed by atoms with Crippen molar-refractivity contribution in [3.63, 3.8) is 0 Å². The fourth-order valence-electron chi connectivity index (χ4n) is 3.54. The van der Waals surface area contributed by atoms with Crippen LogP contribution in [0.3, 0.4) is 0 Å². The number of hydrogen-bond acceptors (Lipinski definition) is 6. The van der Waals surface area contributed by atoms with Crippen LogP contribution in [-0.2, 0) is 23.0 Å². The summed E-state index contributed by atoms with van der Waals surface area (Å²) in [6, 6.07) is 12.2. The largest absolute Gasteiger partial charge is 0.337 e. The van der Waals surface area contributed by atoms with E-state index in [2.05, 4.69) is 24.0 Å². The lowest BCUT2D eigenvalue weighted by Gasteiger charge is -2.20. The van der Waals surface area contributed by atoms with E-state index >= 15 is 0 Å². The van der Waals surface area contributed by atoms with Crippen LogP contribution in [0.2, 0.25) is 0 Å². The summed E-state index contributed by atoms with van der Waals surface area (Å²) in [5.74, 6) is -0.214. The van der Waals surface area contributed by atoms with E-state index in [4.69, 9.17) is 4.98 Å². The second-order valence-electron chi connectivity index (χ2n) is 8.07. The van der Waals surface area contributed by atoms with Gasteiger partial charge in [-0.25, -0.2) is 22.7 Å². The molecule has 2 heterocycles. The second kappa shape index (κ2) is 10.0. The number of imidazole rings is 1. The van der Waals surface area contributed by atoms with E-state index < -0.39 is 10.0 Å². The van der Waals surface area contributed by atoms with Crippen molar-refractivity contribution in [1.82, 2.24) is 18.8 Å². The average Bonchev–Trinajstić information content (AvgIpc) is 3.50. The van der Waals surface area contributed by atoms with E-state index in [-0.39, 0.29) is 10.8 Å². The van der Waals surface area contributed by atoms with Crippen LogP contribution in [0.5, 0.6) is 0 Å². The molecule has 0 N–H and O–H groups in total. The highest BCUT2D eigenvalue weighted by Crippen LogP contribution is 2.31. The topological polar surface area (TPSA) is 88.4 Å². The molecule has 178 valence electrons. The van der Waals surface area contributed by atoms with Gasteiger partial charge in [0.15, 0.2) is 5.13 Å². The van der Waals surface area contributed by atoms with E-state index in [1.165, 1.54) is 43.1 Å². The summed E-state index contributed by atoms with van der Waals surface area (Å²) in [4.78, 5) is 24.2. The molecule has 4 aromatic rings. The second-order valence-corrected chi connectivity index (χ2v) is 11.2. The summed E-state index contributed by atoms with van der Waals surface area (Å²) >= 11 is 1.49. The third-order valence-electron chi connectivity index (χ3n) is 5.56. The first-order chi connectivity index (χ1) is 16.3. The number of sulfonamides is 1. The number of benzene rings is 2. The maximum absolute atomic E-state index is 13.5. The smallest absolute Gasteiger partial charge is 0.260 e. The van der Waals surface area contributed by atoms with Gasteiger partial charge in [-0.2, -0.15) is 0 Å². The Kier molecular flexibility index (Phi) is 7.11. The molecule has 0 aliphatic heterocycles. The van der Waals surface area contributed by atoms with Crippen LogP contribution in [0.1, 0.15) is 29.3 Å². The molecule has 2 aromatic heterocycles. The summed E-state index contributed by atoms with van der Waals surface area (Å²) in [5, 5.41) is 0.629. The Morgan fingerprint density at radius 1 is 1.12 bits per heavy atom. The molecule has 0 unspecified atom stereocenters. The highest BCUT2D eigenvalue weighted by atomic mass is 32.2. The van der Waals surface area contributed by atoms with Gasteiger partial charge < -0.3 is 4.57 Å². The van der Waals surface area contributed by atoms with Crippen molar-refractivity contribution in [2.45, 2.75) is 31.2 Å². The molecule has 8 nitrogen and oxygen atoms in total. The lowest BCUT2D eigenvalue weighted by Crippen LogP contribution is -2.32. The van der Waals surface area contributed by atoms with E-state index in [0.717, 1.165) is 20.9 Å². The Hall–Kier alpha value is -3.08. The predicted molar refractivity (Wildman–Crippen MR) is 135 cm³/mol. The molecule has 1 amide bonds. The number of hydrogen-bond donors (Lipinski definition) is 0. The molecule has 0 aliphatic carbocycles. The third-order valence-corrected chi connectivity index (χ3v) is 8.43. The number of anilines is 1. The van der Waals surface area contributed by atoms with Crippen molar-refractivity contribution in [1.29, 1.82) is 0 Å². The number of amides is 1. The average molecular weight is 498 g/mol. The van der Waals surface area contributed by atoms with Gasteiger partial charge in [-0.1, -0.05) is 24.3 Å². The molecule has 0 fully saturated rings. The molecule has 4 rings (SSSR count). The fraction of sp³-hybridized carbons (Fsp3) is 0.292. The normalized spacial score (nSPS) is 11.9. The molecule has 0 saturated carbocycles. The minimum absolute atomic E-state index is 0.146. The first-order valence-electron chi connectivity index (χ1n) is 11.0. The van der Waals surface area contributed by atoms with E-state index in [9.17, 15) is 13.2 Å². The monoisotopic (exact) mass is 497 g/mol. The molecule has 10 heteroatoms. The van der Waals surface area contributed by atoms with Crippen LogP contribution < -0.4 is 4.90 Å². The highest BCUT2D eigenvalue weighted by molar-refractivity contribution is 7.89. The van der Waals surface area contributed by atoms with Crippen LogP contribution >= 0.6 is 11.3 Å². The SMILES string of the molecule is CCc1ccc2nc(N(CCCn3ccnc3)C(=O)c3ccc(S(=O)(=O)N(C)C)cc3)sc2c1. The number of rotatable bonds is 9. The molecule has 0 atom stereocenters. The molecular weight excluding hydrogens is 470 g/mol. The van der Waals surface area contributed by atoms with Gasteiger partial charge in [-0.15, -0.1) is 0 Å². The highest BCUT2D eigenvalue weighted by Gasteiger charge is 2.23. The Labute approximate surface area is 203 Å². The number of carbonyl (C=O) groups excluding carboxylic acids is 1. The maximum Gasteiger partial charge on any atom is 0.260 e. The van der Waals surface area contributed by atoms with Crippen LogP contribution in [0, 0.1) is 0 Å². The summed E-state index contributed by atoms with van der Waals surface area (Å²) in [6.45, 7) is 3.29. The van der Waals surface area contributed by atoms with Crippen molar-refractivity contribution in [2.75, 3.05) is 25.5 Å². The Morgan fingerprint density at radius 3 is 2.53 bits per heavy atom. The van der Waals surface area contributed by atoms with Gasteiger partial charge in [0.2, 0.25) is 10.0 Å². The van der Waals surface area contributed by atoms with Gasteiger partial charge in [0.25, 0.3) is 5.91 Å². The third kappa shape index (κ3) is 5.03. The molecule has 34 heavy (non-hydrogen) atoms. The quantitative estimate of drug-likeness (QED) is 0.348. The minimum atomic E-state index is -3.57. The number of carbonyl (C=O) groups is 1. The van der Waals surface area contributed by atoms with Crippen molar-refractivity contribution < 1.29 is 13.2 Å². The lowest BCUT2D eigenvalue weighted by atomic mass is 10.2. The first kappa shape index (κ1) is 24.1. The van der Waals surface area contributed by atoms with E-state index in [0.29, 0.717) is 30.2 Å². The molecule has 0 bridgehead atoms. The Balaban J connectivity index is 1.63. The van der Waals surface area contributed by atoms with Crippen molar-refractivity contribution in [3.05, 3.63) is 72.3 Å². The van der Waals surface area contributed by atoms with Crippen LogP contribution in [-0.4, -0.2) is 53.8 Å². The summed E-state index contributed by atoms with van der Waals surface area (Å²) < 4.78 is 28.9. The molecule has 0 spiro atoms. The van der Waals surface area contributed by atoms with Gasteiger partial charge in [-0.05, 0) is 54.8 Å². The molecule has 0 aliphatic rings. The number of aryl methyl sites for hydroxylation is 2. The fourth-order valence-corrected chi connectivity index (χ4v) is 5.50. The number of nitrogens with zero attached hydrogens (tertiary/aromatic N) is 5. The van der Waals surface area contributed by atoms with Crippen molar-refractivity contribution in [2.24, 2.45) is 0 Å². The zero-order valence-electron chi connectivity index (χ0n) is 19.4. The van der Waals surface area contributed by atoms with Crippen molar-refractivity contribution >= 4 is 42.6 Å². The van der Waals surface area contributed by atoms with Crippen LogP contribution in [0.25, 0.3) is 10.2 Å². The van der Waals surface area contributed by atoms with Gasteiger partial charge in [0.1, 0.15) is 0 Å². The van der Waals surface area contributed by atoms with Crippen LogP contribution in [0.4, 0.5) is 5.13 Å². The molecule has 2 aromatic carbocycles. The standard InChI is InChI=1S/C24H27N5O3S2/c1-4-18-6-11-21-22(16-18)33-24(26-21)29(14-5-13-28-15-12-25-17-28)23(30)19-7-9-20(10-8-19)34(31,32)27(2)3/h6-12,15-17H,4-5,13-14H2,1-3H3. The van der Waals surface area contributed by atoms with E-state index in [1.807, 2.05) is 16.8 Å². The van der Waals surface area contributed by atoms with Gasteiger partial charge in [0.05, 0.1) is 21.4 Å². The lowest BCUT2D eigenvalue weighted by molar-refractivity contribution is 0.0986. The van der Waals surface area contributed by atoms with Gasteiger partial charge in [-0.3, -0.25) is 9.69 Å². The van der Waals surface area contributed by atoms with Crippen LogP contribution in [0.15, 0.2) is 66.1 Å². The Bertz CT molecular complexity index is 1380. The zero-order valence-corrected chi connectivity index (χ0v) is 21.0. The molecule has 0 saturated heterocycles. The predicted octanol–water partition coefficient (Wildman–Crippen LogP) is 4.04. The number of fused-ring (bicyclic) bond motifs is 1. The zero-order chi connectivity index (χ0) is 24.3. The summed E-state index contributed by atoms with van der Waals surface area (Å²) in [5.41, 5.74) is 2.49. The van der Waals surface area contributed by atoms with Gasteiger partial charge in [0, 0.05) is 45.1 Å². The molecular formula is C24H27N5O3S2. The first-order valence-corrected chi connectivity index (χ1v) is 13.2.